The third-order valence-corrected chi connectivity index (χ3v) is 9.59. The summed E-state index contributed by atoms with van der Waals surface area (Å²) in [6.45, 7) is 17.1. The molecule has 0 bridgehead atoms. The first kappa shape index (κ1) is 49.4. The van der Waals surface area contributed by atoms with Crippen molar-refractivity contribution in [1.82, 2.24) is 35.1 Å². The van der Waals surface area contributed by atoms with Gasteiger partial charge in [0.05, 0.1) is 45.4 Å². The van der Waals surface area contributed by atoms with E-state index in [0.717, 1.165) is 83.6 Å². The predicted molar refractivity (Wildman–Crippen MR) is 237 cm³/mol. The van der Waals surface area contributed by atoms with E-state index in [9.17, 15) is 14.4 Å². The number of H-pyrrole nitrogens is 2. The Kier molecular flexibility index (Phi) is 22.6. The number of amides is 3. The van der Waals surface area contributed by atoms with Gasteiger partial charge in [-0.2, -0.15) is 0 Å². The number of hydrogen-bond donors (Lipinski definition) is 4. The highest BCUT2D eigenvalue weighted by Gasteiger charge is 2.18. The first-order valence-electron chi connectivity index (χ1n) is 20.8. The number of carbonyl (C=O) groups excluding carboxylic acids is 3. The van der Waals surface area contributed by atoms with E-state index in [4.69, 9.17) is 5.73 Å². The van der Waals surface area contributed by atoms with Crippen LogP contribution in [-0.4, -0.2) is 82.0 Å². The maximum absolute atomic E-state index is 12.9. The number of aromatic amines is 2. The number of aromatic nitrogens is 4. The van der Waals surface area contributed by atoms with Crippen molar-refractivity contribution in [2.75, 3.05) is 34.4 Å². The summed E-state index contributed by atoms with van der Waals surface area (Å²) >= 11 is 0. The number of hydrogen-bond acceptors (Lipinski definition) is 8. The average Bonchev–Trinajstić information content (AvgIpc) is 3.92. The standard InChI is InChI=1S/C38H50N6O2.C5H11NO.C3H7NO2/c1-7-17-43(37(45)19-27(5)9-3)25-35-39-23-33(41-35)16-12-29-11-13-31-22-32(15-14-30(31)21-29)34-24-40-36(42-34)26-44(18-8-2)38(46)20-28(6)10-4;1-3-4-5(6)7-2;1-4-3(5)6-2/h11,13-15,21-24,27-28H,7-10,17-20,25-26H2,1-6H3,(H,39,41)(H,40,42);4H,3,6H2,1-2H3;1-2H3,(H,4,5)/b;5-4+;. The molecule has 59 heavy (non-hydrogen) atoms. The Morgan fingerprint density at radius 3 is 1.85 bits per heavy atom. The second-order valence-corrected chi connectivity index (χ2v) is 14.5. The van der Waals surface area contributed by atoms with E-state index < -0.39 is 6.09 Å². The van der Waals surface area contributed by atoms with Crippen molar-refractivity contribution in [3.05, 3.63) is 83.7 Å². The lowest BCUT2D eigenvalue weighted by molar-refractivity contribution is -0.133. The molecule has 0 aliphatic heterocycles. The van der Waals surface area contributed by atoms with E-state index in [2.05, 4.69) is 118 Å². The second kappa shape index (κ2) is 27.0. The highest BCUT2D eigenvalue weighted by molar-refractivity contribution is 5.88. The fraction of sp³-hybridized carbons (Fsp3) is 0.500. The minimum atomic E-state index is -0.407. The number of alkyl carbamates (subject to hydrolysis) is 1. The quantitative estimate of drug-likeness (QED) is 0.0607. The van der Waals surface area contributed by atoms with Gasteiger partial charge in [0.25, 0.3) is 0 Å². The normalized spacial score (nSPS) is 11.7. The zero-order valence-electron chi connectivity index (χ0n) is 37.0. The summed E-state index contributed by atoms with van der Waals surface area (Å²) < 4.78 is 8.78. The minimum absolute atomic E-state index is 0.176. The molecule has 4 rings (SSSR count). The van der Waals surface area contributed by atoms with Gasteiger partial charge in [0.1, 0.15) is 17.3 Å². The van der Waals surface area contributed by atoms with Crippen LogP contribution in [0.3, 0.4) is 0 Å². The van der Waals surface area contributed by atoms with Gasteiger partial charge in [-0.15, -0.1) is 0 Å². The summed E-state index contributed by atoms with van der Waals surface area (Å²) in [7, 11) is 4.38. The Bertz CT molecular complexity index is 1970. The number of methoxy groups -OCH3 is 2. The van der Waals surface area contributed by atoms with Crippen LogP contribution in [0.5, 0.6) is 0 Å². The van der Waals surface area contributed by atoms with Gasteiger partial charge in [0, 0.05) is 44.1 Å². The number of ether oxygens (including phenoxy) is 2. The molecule has 0 radical (unpaired) electrons. The van der Waals surface area contributed by atoms with Crippen molar-refractivity contribution < 1.29 is 23.9 Å². The van der Waals surface area contributed by atoms with E-state index >= 15 is 0 Å². The van der Waals surface area contributed by atoms with Crippen molar-refractivity contribution >= 4 is 28.7 Å². The van der Waals surface area contributed by atoms with Crippen molar-refractivity contribution in [3.8, 4) is 23.1 Å². The van der Waals surface area contributed by atoms with Gasteiger partial charge >= 0.3 is 6.09 Å². The Hall–Kier alpha value is -5.77. The number of allylic oxidation sites excluding steroid dienone is 1. The van der Waals surface area contributed by atoms with Crippen LogP contribution < -0.4 is 11.1 Å². The van der Waals surface area contributed by atoms with Crippen LogP contribution in [0, 0.1) is 23.7 Å². The second-order valence-electron chi connectivity index (χ2n) is 14.5. The molecule has 2 unspecified atom stereocenters. The first-order valence-corrected chi connectivity index (χ1v) is 20.8. The molecule has 0 aliphatic rings. The Morgan fingerprint density at radius 2 is 1.36 bits per heavy atom. The number of fused-ring (bicyclic) bond motifs is 1. The third-order valence-electron chi connectivity index (χ3n) is 9.59. The van der Waals surface area contributed by atoms with Gasteiger partial charge in [-0.3, -0.25) is 9.59 Å². The van der Waals surface area contributed by atoms with Gasteiger partial charge in [-0.1, -0.05) is 85.4 Å². The van der Waals surface area contributed by atoms with Crippen LogP contribution in [0.1, 0.15) is 116 Å². The van der Waals surface area contributed by atoms with Crippen LogP contribution in [-0.2, 0) is 32.2 Å². The number of nitrogens with one attached hydrogen (secondary N) is 3. The monoisotopic (exact) mass is 813 g/mol. The first-order chi connectivity index (χ1) is 28.3. The van der Waals surface area contributed by atoms with Crippen molar-refractivity contribution in [1.29, 1.82) is 0 Å². The van der Waals surface area contributed by atoms with Crippen LogP contribution in [0.25, 0.3) is 22.0 Å². The maximum Gasteiger partial charge on any atom is 0.406 e. The number of nitrogens with two attached hydrogens (primary N) is 1. The molecule has 2 aromatic heterocycles. The van der Waals surface area contributed by atoms with Crippen LogP contribution in [0.15, 0.2) is 60.8 Å². The summed E-state index contributed by atoms with van der Waals surface area (Å²) in [5.41, 5.74) is 8.84. The largest absolute Gasteiger partial charge is 0.483 e. The summed E-state index contributed by atoms with van der Waals surface area (Å²) in [6, 6.07) is 12.5. The molecule has 13 heteroatoms. The molecule has 322 valence electrons. The number of rotatable bonds is 17. The van der Waals surface area contributed by atoms with Crippen LogP contribution in [0.4, 0.5) is 4.79 Å². The van der Waals surface area contributed by atoms with Crippen molar-refractivity contribution in [3.63, 3.8) is 0 Å². The Balaban J connectivity index is 0.000000796. The average molecular weight is 813 g/mol. The molecule has 0 fully saturated rings. The van der Waals surface area contributed by atoms with Gasteiger partial charge in [0.15, 0.2) is 5.88 Å². The highest BCUT2D eigenvalue weighted by Crippen LogP contribution is 2.25. The SMILES string of the molecule is CC/C=C(\N)OC.CCCN(Cc1ncc(C#Cc2ccc3cc(-c4cnc(CN(CCC)C(=O)CC(C)CC)[nH]4)ccc3c2)[nH]1)C(=O)CC(C)CC.CNC(=O)OC. The Labute approximate surface area is 351 Å². The molecule has 5 N–H and O–H groups in total. The van der Waals surface area contributed by atoms with Crippen LogP contribution in [0.2, 0.25) is 0 Å². The lowest BCUT2D eigenvalue weighted by Gasteiger charge is -2.22. The molecule has 4 aromatic rings. The fourth-order valence-corrected chi connectivity index (χ4v) is 5.74. The lowest BCUT2D eigenvalue weighted by atomic mass is 10.0. The smallest absolute Gasteiger partial charge is 0.406 e. The Morgan fingerprint density at radius 1 is 0.797 bits per heavy atom. The summed E-state index contributed by atoms with van der Waals surface area (Å²) in [5.74, 6) is 9.62. The molecule has 3 amide bonds. The molecular weight excluding hydrogens is 745 g/mol. The maximum atomic E-state index is 12.9. The zero-order valence-corrected chi connectivity index (χ0v) is 37.0. The van der Waals surface area contributed by atoms with Gasteiger partial charge in [0.2, 0.25) is 11.8 Å². The number of nitrogens with zero attached hydrogens (tertiary/aromatic N) is 4. The topological polar surface area (TPSA) is 172 Å². The molecule has 0 saturated heterocycles. The summed E-state index contributed by atoms with van der Waals surface area (Å²) in [5, 5.41) is 4.46. The van der Waals surface area contributed by atoms with Crippen molar-refractivity contribution in [2.45, 2.75) is 107 Å². The lowest BCUT2D eigenvalue weighted by Crippen LogP contribution is -2.32. The minimum Gasteiger partial charge on any atom is -0.483 e. The van der Waals surface area contributed by atoms with Crippen LogP contribution >= 0.6 is 0 Å². The highest BCUT2D eigenvalue weighted by atomic mass is 16.5. The number of benzene rings is 2. The molecule has 13 nitrogen and oxygen atoms in total. The van der Waals surface area contributed by atoms with Gasteiger partial charge in [-0.25, -0.2) is 14.8 Å². The molecule has 0 saturated carbocycles. The molecule has 0 aliphatic carbocycles. The van der Waals surface area contributed by atoms with E-state index in [1.807, 2.05) is 35.1 Å². The summed E-state index contributed by atoms with van der Waals surface area (Å²) in [6.07, 6.45) is 10.9. The van der Waals surface area contributed by atoms with E-state index in [1.165, 1.54) is 14.2 Å². The summed E-state index contributed by atoms with van der Waals surface area (Å²) in [4.78, 5) is 55.1. The van der Waals surface area contributed by atoms with Gasteiger partial charge in [-0.05, 0) is 72.1 Å². The number of imidazole rings is 2. The number of carbonyl (C=O) groups is 3. The molecule has 2 atom stereocenters. The fourth-order valence-electron chi connectivity index (χ4n) is 5.74. The molecule has 2 aromatic carbocycles. The molecule has 0 spiro atoms. The third kappa shape index (κ3) is 17.7. The van der Waals surface area contributed by atoms with E-state index in [1.54, 1.807) is 13.3 Å². The predicted octanol–water partition coefficient (Wildman–Crippen LogP) is 8.52. The molecule has 2 heterocycles. The van der Waals surface area contributed by atoms with E-state index in [-0.39, 0.29) is 11.8 Å². The van der Waals surface area contributed by atoms with E-state index in [0.29, 0.717) is 50.2 Å². The zero-order chi connectivity index (χ0) is 43.7. The molecular formula is C46H68N8O5. The van der Waals surface area contributed by atoms with Crippen molar-refractivity contribution in [2.24, 2.45) is 17.6 Å². The van der Waals surface area contributed by atoms with Gasteiger partial charge < -0.3 is 40.3 Å².